The highest BCUT2D eigenvalue weighted by atomic mass is 79.9. The molecule has 2 rings (SSSR count). The fourth-order valence-corrected chi connectivity index (χ4v) is 2.93. The average molecular weight is 378 g/mol. The summed E-state index contributed by atoms with van der Waals surface area (Å²) in [5, 5.41) is 3.00. The average Bonchev–Trinajstić information content (AvgIpc) is 2.54. The molecule has 0 unspecified atom stereocenters. The summed E-state index contributed by atoms with van der Waals surface area (Å²) in [4.78, 5) is 12.3. The van der Waals surface area contributed by atoms with Gasteiger partial charge in [-0.25, -0.2) is 0 Å². The highest BCUT2D eigenvalue weighted by molar-refractivity contribution is 9.10. The van der Waals surface area contributed by atoms with Gasteiger partial charge in [-0.1, -0.05) is 33.6 Å². The molecule has 0 aromatic heterocycles. The van der Waals surface area contributed by atoms with Crippen molar-refractivity contribution in [2.75, 3.05) is 14.2 Å². The topological polar surface area (TPSA) is 47.6 Å². The molecule has 0 heterocycles. The Balaban J connectivity index is 2.21. The van der Waals surface area contributed by atoms with Crippen molar-refractivity contribution in [2.45, 2.75) is 19.9 Å². The molecule has 0 radical (unpaired) electrons. The van der Waals surface area contributed by atoms with Crippen LogP contribution < -0.4 is 14.8 Å². The van der Waals surface area contributed by atoms with Gasteiger partial charge >= 0.3 is 0 Å². The highest BCUT2D eigenvalue weighted by Crippen LogP contribution is 2.36. The zero-order valence-electron chi connectivity index (χ0n) is 13.6. The quantitative estimate of drug-likeness (QED) is 0.846. The van der Waals surface area contributed by atoms with E-state index < -0.39 is 0 Å². The van der Waals surface area contributed by atoms with Crippen molar-refractivity contribution >= 4 is 21.8 Å². The Kier molecular flexibility index (Phi) is 5.66. The number of aryl methyl sites for hydroxylation is 1. The van der Waals surface area contributed by atoms with E-state index in [2.05, 4.69) is 21.2 Å². The Hall–Kier alpha value is -2.01. The first-order chi connectivity index (χ1) is 11.0. The van der Waals surface area contributed by atoms with Crippen molar-refractivity contribution in [3.05, 3.63) is 57.6 Å². The minimum absolute atomic E-state index is 0.112. The molecule has 23 heavy (non-hydrogen) atoms. The summed E-state index contributed by atoms with van der Waals surface area (Å²) in [6.07, 6.45) is 0. The molecule has 0 saturated heterocycles. The maximum atomic E-state index is 12.3. The number of amides is 1. The molecule has 0 bridgehead atoms. The number of methoxy groups -OCH3 is 2. The maximum absolute atomic E-state index is 12.3. The molecule has 0 saturated carbocycles. The van der Waals surface area contributed by atoms with Gasteiger partial charge in [-0.3, -0.25) is 4.79 Å². The van der Waals surface area contributed by atoms with Crippen molar-refractivity contribution in [1.82, 2.24) is 5.32 Å². The summed E-state index contributed by atoms with van der Waals surface area (Å²) in [5.74, 6) is 1.15. The summed E-state index contributed by atoms with van der Waals surface area (Å²) < 4.78 is 11.5. The summed E-state index contributed by atoms with van der Waals surface area (Å²) >= 11 is 3.52. The van der Waals surface area contributed by atoms with E-state index in [1.54, 1.807) is 14.2 Å². The largest absolute Gasteiger partial charge is 0.493 e. The molecule has 5 heteroatoms. The molecule has 0 spiro atoms. The van der Waals surface area contributed by atoms with Gasteiger partial charge in [0.1, 0.15) is 0 Å². The second-order valence-corrected chi connectivity index (χ2v) is 6.14. The van der Waals surface area contributed by atoms with Crippen molar-refractivity contribution in [1.29, 1.82) is 0 Å². The number of halogens is 1. The van der Waals surface area contributed by atoms with Crippen LogP contribution in [0.1, 0.15) is 34.5 Å². The van der Waals surface area contributed by atoms with Gasteiger partial charge in [-0.05, 0) is 43.7 Å². The third-order valence-corrected chi connectivity index (χ3v) is 4.32. The Morgan fingerprint density at radius 2 is 1.65 bits per heavy atom. The highest BCUT2D eigenvalue weighted by Gasteiger charge is 2.17. The zero-order chi connectivity index (χ0) is 17.0. The van der Waals surface area contributed by atoms with E-state index in [1.165, 1.54) is 0 Å². The van der Waals surface area contributed by atoms with Crippen LogP contribution in [0.15, 0.2) is 40.9 Å². The normalized spacial score (nSPS) is 11.7. The van der Waals surface area contributed by atoms with E-state index in [4.69, 9.17) is 9.47 Å². The van der Waals surface area contributed by atoms with Gasteiger partial charge in [0.15, 0.2) is 11.5 Å². The summed E-state index contributed by atoms with van der Waals surface area (Å²) in [6.45, 7) is 3.92. The standard InChI is InChI=1S/C18H20BrNO3/c1-11-5-7-13(8-6-11)18(21)20-12(2)14-9-16(22-3)17(23-4)10-15(14)19/h5-10,12H,1-4H3,(H,20,21)/t12-/m0/s1. The summed E-state index contributed by atoms with van der Waals surface area (Å²) in [7, 11) is 3.18. The molecule has 122 valence electrons. The Bertz CT molecular complexity index is 698. The van der Waals surface area contributed by atoms with E-state index in [-0.39, 0.29) is 11.9 Å². The van der Waals surface area contributed by atoms with E-state index in [9.17, 15) is 4.79 Å². The Morgan fingerprint density at radius 1 is 1.09 bits per heavy atom. The number of rotatable bonds is 5. The first kappa shape index (κ1) is 17.3. The molecule has 2 aromatic rings. The number of benzene rings is 2. The maximum Gasteiger partial charge on any atom is 0.251 e. The van der Waals surface area contributed by atoms with Gasteiger partial charge in [-0.15, -0.1) is 0 Å². The monoisotopic (exact) mass is 377 g/mol. The van der Waals surface area contributed by atoms with E-state index in [0.717, 1.165) is 15.6 Å². The number of carbonyl (C=O) groups is 1. The lowest BCUT2D eigenvalue weighted by atomic mass is 10.1. The van der Waals surface area contributed by atoms with Gasteiger partial charge in [0.05, 0.1) is 20.3 Å². The van der Waals surface area contributed by atoms with Gasteiger partial charge in [0, 0.05) is 10.0 Å². The van der Waals surface area contributed by atoms with Crippen molar-refractivity contribution in [2.24, 2.45) is 0 Å². The number of ether oxygens (including phenoxy) is 2. The fraction of sp³-hybridized carbons (Fsp3) is 0.278. The predicted octanol–water partition coefficient (Wildman–Crippen LogP) is 4.27. The van der Waals surface area contributed by atoms with Crippen LogP contribution in [-0.4, -0.2) is 20.1 Å². The molecular formula is C18H20BrNO3. The van der Waals surface area contributed by atoms with Gasteiger partial charge in [0.2, 0.25) is 0 Å². The third kappa shape index (κ3) is 4.05. The zero-order valence-corrected chi connectivity index (χ0v) is 15.2. The van der Waals surface area contributed by atoms with E-state index >= 15 is 0 Å². The molecule has 2 aromatic carbocycles. The van der Waals surface area contributed by atoms with Gasteiger partial charge < -0.3 is 14.8 Å². The summed E-state index contributed by atoms with van der Waals surface area (Å²) in [5.41, 5.74) is 2.68. The van der Waals surface area contributed by atoms with Crippen LogP contribution in [-0.2, 0) is 0 Å². The molecule has 1 atom stereocenters. The van der Waals surface area contributed by atoms with Crippen molar-refractivity contribution in [3.8, 4) is 11.5 Å². The smallest absolute Gasteiger partial charge is 0.251 e. The second-order valence-electron chi connectivity index (χ2n) is 5.29. The van der Waals surface area contributed by atoms with Crippen LogP contribution in [0, 0.1) is 6.92 Å². The number of carbonyl (C=O) groups excluding carboxylic acids is 1. The Morgan fingerprint density at radius 3 is 2.22 bits per heavy atom. The number of hydrogen-bond acceptors (Lipinski definition) is 3. The SMILES string of the molecule is COc1cc(Br)c([C@H](C)NC(=O)c2ccc(C)cc2)cc1OC. The molecule has 0 aliphatic carbocycles. The molecule has 0 fully saturated rings. The summed E-state index contributed by atoms with van der Waals surface area (Å²) in [6, 6.07) is 11.0. The van der Waals surface area contributed by atoms with Crippen LogP contribution in [0.4, 0.5) is 0 Å². The molecular weight excluding hydrogens is 358 g/mol. The van der Waals surface area contributed by atoms with Crippen LogP contribution in [0.25, 0.3) is 0 Å². The van der Waals surface area contributed by atoms with Crippen LogP contribution in [0.2, 0.25) is 0 Å². The molecule has 1 N–H and O–H groups in total. The van der Waals surface area contributed by atoms with Crippen molar-refractivity contribution in [3.63, 3.8) is 0 Å². The first-order valence-corrected chi connectivity index (χ1v) is 8.04. The molecule has 1 amide bonds. The molecule has 0 aliphatic rings. The minimum Gasteiger partial charge on any atom is -0.493 e. The second kappa shape index (κ2) is 7.51. The minimum atomic E-state index is -0.182. The van der Waals surface area contributed by atoms with Crippen molar-refractivity contribution < 1.29 is 14.3 Å². The fourth-order valence-electron chi connectivity index (χ4n) is 2.26. The molecule has 0 aliphatic heterocycles. The molecule has 4 nitrogen and oxygen atoms in total. The third-order valence-electron chi connectivity index (χ3n) is 3.63. The van der Waals surface area contributed by atoms with Crippen LogP contribution >= 0.6 is 15.9 Å². The lowest BCUT2D eigenvalue weighted by Crippen LogP contribution is -2.26. The van der Waals surface area contributed by atoms with Gasteiger partial charge in [-0.2, -0.15) is 0 Å². The van der Waals surface area contributed by atoms with E-state index in [1.807, 2.05) is 50.2 Å². The van der Waals surface area contributed by atoms with Crippen LogP contribution in [0.3, 0.4) is 0 Å². The van der Waals surface area contributed by atoms with Crippen LogP contribution in [0.5, 0.6) is 11.5 Å². The number of hydrogen-bond donors (Lipinski definition) is 1. The predicted molar refractivity (Wildman–Crippen MR) is 94.3 cm³/mol. The first-order valence-electron chi connectivity index (χ1n) is 7.25. The lowest BCUT2D eigenvalue weighted by molar-refractivity contribution is 0.0939. The Labute approximate surface area is 144 Å². The van der Waals surface area contributed by atoms with Gasteiger partial charge in [0.25, 0.3) is 5.91 Å². The van der Waals surface area contributed by atoms with E-state index in [0.29, 0.717) is 17.1 Å². The lowest BCUT2D eigenvalue weighted by Gasteiger charge is -2.18. The number of nitrogens with one attached hydrogen (secondary N) is 1.